The Morgan fingerprint density at radius 3 is 1.88 bits per heavy atom. The van der Waals surface area contributed by atoms with E-state index in [1.165, 1.54) is 25.7 Å². The number of piperidine rings is 1. The molecule has 14 heteroatoms. The van der Waals surface area contributed by atoms with Crippen LogP contribution in [0.3, 0.4) is 0 Å². The summed E-state index contributed by atoms with van der Waals surface area (Å²) in [5, 5.41) is 14.4. The molecule has 0 aliphatic carbocycles. The van der Waals surface area contributed by atoms with Gasteiger partial charge in [0.25, 0.3) is 0 Å². The normalized spacial score (nSPS) is 20.6. The molecule has 1 fully saturated rings. The Labute approximate surface area is 299 Å². The third kappa shape index (κ3) is 9.57. The van der Waals surface area contributed by atoms with Crippen LogP contribution in [0, 0.1) is 0 Å². The van der Waals surface area contributed by atoms with Crippen LogP contribution >= 0.6 is 0 Å². The van der Waals surface area contributed by atoms with Crippen molar-refractivity contribution in [1.82, 2.24) is 10.2 Å². The number of rotatable bonds is 9. The minimum Gasteiger partial charge on any atom is -0.445 e. The Morgan fingerprint density at radius 1 is 0.846 bits per heavy atom. The van der Waals surface area contributed by atoms with Gasteiger partial charge in [-0.25, -0.2) is 9.59 Å². The summed E-state index contributed by atoms with van der Waals surface area (Å²) < 4.78 is 99.8. The number of nitrogens with one attached hydrogen (secondary N) is 1. The van der Waals surface area contributed by atoms with Gasteiger partial charge in [-0.2, -0.15) is 26.3 Å². The standard InChI is InChI=1S/C38H44F6N2O6/c1-25(27-19-29(37(39,40)41)21-30(20-27)38(42,43)44)51-24-35(28-15-11-8-12-16-28)17-18-36(34(5,6)49,45-31(47)52-33(2,3)4)23-46(35)32(48)50-22-26-13-9-7-10-14-26/h7-16,19-21,25,49H,17-18,22-24H2,1-6H3,(H,45,47)/t25?,35-,36?/m1/s1. The molecule has 0 bridgehead atoms. The number of nitrogens with zero attached hydrogens (tertiary/aromatic N) is 1. The zero-order chi connectivity index (χ0) is 38.8. The number of carbonyl (C=O) groups is 2. The average Bonchev–Trinajstić information content (AvgIpc) is 3.05. The van der Waals surface area contributed by atoms with E-state index >= 15 is 0 Å². The highest BCUT2D eigenvalue weighted by molar-refractivity contribution is 5.72. The van der Waals surface area contributed by atoms with Gasteiger partial charge in [-0.3, -0.25) is 4.90 Å². The Hall–Kier alpha value is -4.30. The Morgan fingerprint density at radius 2 is 1.38 bits per heavy atom. The fourth-order valence-corrected chi connectivity index (χ4v) is 6.20. The van der Waals surface area contributed by atoms with E-state index in [1.54, 1.807) is 81.4 Å². The summed E-state index contributed by atoms with van der Waals surface area (Å²) in [4.78, 5) is 28.8. The number of ether oxygens (including phenoxy) is 3. The van der Waals surface area contributed by atoms with Gasteiger partial charge in [-0.1, -0.05) is 60.7 Å². The fourth-order valence-electron chi connectivity index (χ4n) is 6.20. The van der Waals surface area contributed by atoms with Gasteiger partial charge < -0.3 is 24.6 Å². The molecule has 1 heterocycles. The number of alkyl carbamates (subject to hydrolysis) is 1. The molecule has 284 valence electrons. The van der Waals surface area contributed by atoms with Crippen molar-refractivity contribution in [3.63, 3.8) is 0 Å². The molecule has 1 aliphatic rings. The van der Waals surface area contributed by atoms with Gasteiger partial charge in [0.15, 0.2) is 0 Å². The van der Waals surface area contributed by atoms with Crippen LogP contribution in [0.1, 0.15) is 88.3 Å². The lowest BCUT2D eigenvalue weighted by Crippen LogP contribution is -2.73. The minimum absolute atomic E-state index is 0.000347. The van der Waals surface area contributed by atoms with Crippen LogP contribution in [-0.2, 0) is 38.7 Å². The van der Waals surface area contributed by atoms with E-state index in [9.17, 15) is 41.0 Å². The first kappa shape index (κ1) is 40.5. The molecule has 0 radical (unpaired) electrons. The highest BCUT2D eigenvalue weighted by atomic mass is 19.4. The van der Waals surface area contributed by atoms with E-state index in [2.05, 4.69) is 5.32 Å². The molecule has 0 saturated carbocycles. The van der Waals surface area contributed by atoms with Gasteiger partial charge in [0.1, 0.15) is 12.2 Å². The molecule has 2 N–H and O–H groups in total. The smallest absolute Gasteiger partial charge is 0.416 e. The van der Waals surface area contributed by atoms with E-state index in [0.29, 0.717) is 23.3 Å². The molecule has 3 aromatic carbocycles. The molecular weight excluding hydrogens is 694 g/mol. The molecule has 1 saturated heterocycles. The van der Waals surface area contributed by atoms with E-state index in [4.69, 9.17) is 14.2 Å². The second-order valence-electron chi connectivity index (χ2n) is 14.6. The summed E-state index contributed by atoms with van der Waals surface area (Å²) in [5.41, 5.74) is -7.71. The number of hydrogen-bond acceptors (Lipinski definition) is 6. The predicted molar refractivity (Wildman–Crippen MR) is 180 cm³/mol. The fraction of sp³-hybridized carbons (Fsp3) is 0.474. The first-order valence-electron chi connectivity index (χ1n) is 16.6. The number of alkyl halides is 6. The van der Waals surface area contributed by atoms with E-state index < -0.39 is 70.7 Å². The summed E-state index contributed by atoms with van der Waals surface area (Å²) in [6.07, 6.45) is -13.1. The molecule has 52 heavy (non-hydrogen) atoms. The molecule has 0 spiro atoms. The van der Waals surface area contributed by atoms with Crippen LogP contribution in [0.15, 0.2) is 78.9 Å². The molecule has 3 atom stereocenters. The number of likely N-dealkylation sites (tertiary alicyclic amines) is 1. The van der Waals surface area contributed by atoms with Gasteiger partial charge in [0.05, 0.1) is 47.1 Å². The Balaban J connectivity index is 1.80. The molecule has 2 amide bonds. The number of halogens is 6. The van der Waals surface area contributed by atoms with Gasteiger partial charge in [0, 0.05) is 0 Å². The molecule has 3 aromatic rings. The van der Waals surface area contributed by atoms with Crippen molar-refractivity contribution in [2.45, 2.75) is 102 Å². The summed E-state index contributed by atoms with van der Waals surface area (Å²) in [6, 6.07) is 18.6. The topological polar surface area (TPSA) is 97.3 Å². The molecule has 0 aromatic heterocycles. The molecule has 2 unspecified atom stereocenters. The van der Waals surface area contributed by atoms with E-state index in [1.807, 2.05) is 0 Å². The third-order valence-electron chi connectivity index (χ3n) is 9.21. The van der Waals surface area contributed by atoms with Crippen LogP contribution < -0.4 is 5.32 Å². The summed E-state index contributed by atoms with van der Waals surface area (Å²) >= 11 is 0. The lowest BCUT2D eigenvalue weighted by atomic mass is 9.69. The second kappa shape index (κ2) is 15.0. The molecule has 4 rings (SSSR count). The van der Waals surface area contributed by atoms with Gasteiger partial charge in [0.2, 0.25) is 0 Å². The maximum absolute atomic E-state index is 14.3. The number of amides is 2. The summed E-state index contributed by atoms with van der Waals surface area (Å²) in [7, 11) is 0. The lowest BCUT2D eigenvalue weighted by molar-refractivity contribution is -0.143. The number of carbonyl (C=O) groups excluding carboxylic acids is 2. The predicted octanol–water partition coefficient (Wildman–Crippen LogP) is 9.16. The number of hydrogen-bond donors (Lipinski definition) is 2. The van der Waals surface area contributed by atoms with Crippen molar-refractivity contribution < 1.29 is 55.2 Å². The van der Waals surface area contributed by atoms with Gasteiger partial charge in [-0.05, 0) is 89.3 Å². The van der Waals surface area contributed by atoms with E-state index in [-0.39, 0.29) is 37.6 Å². The van der Waals surface area contributed by atoms with Crippen molar-refractivity contribution >= 4 is 12.2 Å². The van der Waals surface area contributed by atoms with Crippen LogP contribution in [0.5, 0.6) is 0 Å². The van der Waals surface area contributed by atoms with Crippen molar-refractivity contribution in [2.24, 2.45) is 0 Å². The van der Waals surface area contributed by atoms with Crippen LogP contribution in [0.4, 0.5) is 35.9 Å². The summed E-state index contributed by atoms with van der Waals surface area (Å²) in [5.74, 6) is 0. The van der Waals surface area contributed by atoms with Crippen LogP contribution in [-0.4, -0.2) is 52.1 Å². The minimum atomic E-state index is -5.06. The highest BCUT2D eigenvalue weighted by Gasteiger charge is 2.57. The first-order valence-corrected chi connectivity index (χ1v) is 16.6. The zero-order valence-corrected chi connectivity index (χ0v) is 29.8. The second-order valence-corrected chi connectivity index (χ2v) is 14.6. The highest BCUT2D eigenvalue weighted by Crippen LogP contribution is 2.46. The largest absolute Gasteiger partial charge is 0.445 e. The number of aliphatic hydroxyl groups is 1. The van der Waals surface area contributed by atoms with Crippen molar-refractivity contribution in [2.75, 3.05) is 13.2 Å². The van der Waals surface area contributed by atoms with Crippen LogP contribution in [0.25, 0.3) is 0 Å². The maximum atomic E-state index is 14.3. The first-order chi connectivity index (χ1) is 24.0. The molecule has 8 nitrogen and oxygen atoms in total. The summed E-state index contributed by atoms with van der Waals surface area (Å²) in [6.45, 7) is 8.34. The number of benzene rings is 3. The molecule has 1 aliphatic heterocycles. The Bertz CT molecular complexity index is 1660. The monoisotopic (exact) mass is 738 g/mol. The van der Waals surface area contributed by atoms with Crippen molar-refractivity contribution in [3.8, 4) is 0 Å². The van der Waals surface area contributed by atoms with Gasteiger partial charge >= 0.3 is 24.5 Å². The maximum Gasteiger partial charge on any atom is 0.416 e. The lowest BCUT2D eigenvalue weighted by Gasteiger charge is -2.56. The zero-order valence-electron chi connectivity index (χ0n) is 29.8. The quantitative estimate of drug-likeness (QED) is 0.213. The Kier molecular flexibility index (Phi) is 11.7. The van der Waals surface area contributed by atoms with Crippen molar-refractivity contribution in [1.29, 1.82) is 0 Å². The third-order valence-corrected chi connectivity index (χ3v) is 9.21. The SMILES string of the molecule is CC(OC[C@@]1(c2ccccc2)CCC(NC(=O)OC(C)(C)C)(C(C)(C)O)CN1C(=O)OCc1ccccc1)c1cc(C(F)(F)F)cc(C(F)(F)F)c1. The van der Waals surface area contributed by atoms with Crippen molar-refractivity contribution in [3.05, 3.63) is 107 Å². The van der Waals surface area contributed by atoms with Gasteiger partial charge in [-0.15, -0.1) is 0 Å². The molecular formula is C38H44F6N2O6. The van der Waals surface area contributed by atoms with Crippen LogP contribution in [0.2, 0.25) is 0 Å². The van der Waals surface area contributed by atoms with E-state index in [0.717, 1.165) is 0 Å². The average molecular weight is 739 g/mol.